The lowest BCUT2D eigenvalue weighted by Gasteiger charge is -2.26. The number of ketones is 1. The van der Waals surface area contributed by atoms with Crippen LogP contribution >= 0.6 is 0 Å². The molecule has 3 heterocycles. The Balaban J connectivity index is 1.20. The van der Waals surface area contributed by atoms with Gasteiger partial charge < -0.3 is 20.5 Å². The monoisotopic (exact) mass is 549 g/mol. The maximum absolute atomic E-state index is 13.8. The van der Waals surface area contributed by atoms with Crippen molar-refractivity contribution in [2.45, 2.75) is 44.3 Å². The van der Waals surface area contributed by atoms with Gasteiger partial charge in [-0.05, 0) is 54.0 Å². The summed E-state index contributed by atoms with van der Waals surface area (Å²) < 4.78 is 0. The van der Waals surface area contributed by atoms with Crippen molar-refractivity contribution in [2.75, 3.05) is 6.54 Å². The number of amides is 3. The molecule has 3 amide bonds. The average Bonchev–Trinajstić information content (AvgIpc) is 3.44. The molecule has 0 bridgehead atoms. The highest BCUT2D eigenvalue weighted by molar-refractivity contribution is 6.38. The minimum absolute atomic E-state index is 0.0698. The summed E-state index contributed by atoms with van der Waals surface area (Å²) in [6.07, 6.45) is 5.76. The molecule has 1 aliphatic carbocycles. The van der Waals surface area contributed by atoms with Crippen LogP contribution in [0.15, 0.2) is 85.2 Å². The summed E-state index contributed by atoms with van der Waals surface area (Å²) in [5.41, 5.74) is 2.76. The predicted molar refractivity (Wildman–Crippen MR) is 153 cm³/mol. The zero-order valence-corrected chi connectivity index (χ0v) is 22.5. The van der Waals surface area contributed by atoms with Crippen molar-refractivity contribution in [3.8, 4) is 0 Å². The van der Waals surface area contributed by atoms with Gasteiger partial charge in [0, 0.05) is 42.8 Å². The van der Waals surface area contributed by atoms with Crippen molar-refractivity contribution in [1.29, 1.82) is 0 Å². The summed E-state index contributed by atoms with van der Waals surface area (Å²) in [6.45, 7) is 0.676. The van der Waals surface area contributed by atoms with Gasteiger partial charge >= 0.3 is 0 Å². The summed E-state index contributed by atoms with van der Waals surface area (Å²) >= 11 is 0. The number of para-hydroxylation sites is 1. The van der Waals surface area contributed by atoms with E-state index in [9.17, 15) is 19.2 Å². The zero-order chi connectivity index (χ0) is 28.4. The molecule has 2 atom stereocenters. The third-order valence-corrected chi connectivity index (χ3v) is 8.10. The van der Waals surface area contributed by atoms with Crippen LogP contribution < -0.4 is 10.6 Å². The Morgan fingerprint density at radius 2 is 1.73 bits per heavy atom. The molecule has 6 rings (SSSR count). The number of benzene rings is 2. The normalized spacial score (nSPS) is 17.8. The molecule has 1 aliphatic heterocycles. The van der Waals surface area contributed by atoms with Crippen molar-refractivity contribution in [2.24, 2.45) is 5.41 Å². The Labute approximate surface area is 237 Å². The maximum atomic E-state index is 13.8. The SMILES string of the molecule is O=C(NCc1ccccc1)C(=O)[C@H](Cc1cccnc1)NC(=O)[C@@H]1CC2(CC2)CN1C(=O)c1cc2ccccc2[nH]1. The van der Waals surface area contributed by atoms with E-state index in [2.05, 4.69) is 20.6 Å². The largest absolute Gasteiger partial charge is 0.351 e. The third kappa shape index (κ3) is 5.75. The number of pyridine rings is 1. The van der Waals surface area contributed by atoms with Crippen LogP contribution in [0.1, 0.15) is 40.9 Å². The van der Waals surface area contributed by atoms with E-state index in [1.54, 1.807) is 35.5 Å². The fraction of sp³-hybridized carbons (Fsp3) is 0.281. The van der Waals surface area contributed by atoms with E-state index >= 15 is 0 Å². The Morgan fingerprint density at radius 1 is 0.976 bits per heavy atom. The first-order valence-electron chi connectivity index (χ1n) is 13.8. The predicted octanol–water partition coefficient (Wildman–Crippen LogP) is 3.17. The fourth-order valence-corrected chi connectivity index (χ4v) is 5.64. The highest BCUT2D eigenvalue weighted by Gasteiger charge is 2.55. The summed E-state index contributed by atoms with van der Waals surface area (Å²) in [6, 6.07) is 20.4. The number of H-pyrrole nitrogens is 1. The quantitative estimate of drug-likeness (QED) is 0.277. The highest BCUT2D eigenvalue weighted by Crippen LogP contribution is 2.55. The topological polar surface area (TPSA) is 124 Å². The minimum atomic E-state index is -1.11. The average molecular weight is 550 g/mol. The van der Waals surface area contributed by atoms with E-state index in [-0.39, 0.29) is 24.3 Å². The van der Waals surface area contributed by atoms with Gasteiger partial charge in [0.05, 0.1) is 0 Å². The molecule has 2 aromatic heterocycles. The molecule has 1 spiro atoms. The van der Waals surface area contributed by atoms with Crippen molar-refractivity contribution in [3.05, 3.63) is 102 Å². The first-order chi connectivity index (χ1) is 19.9. The maximum Gasteiger partial charge on any atom is 0.289 e. The number of Topliss-reactive ketones (excluding diaryl/α,β-unsaturated/α-hetero) is 1. The summed E-state index contributed by atoms with van der Waals surface area (Å²) in [5, 5.41) is 6.42. The lowest BCUT2D eigenvalue weighted by molar-refractivity contribution is -0.140. The number of nitrogens with zero attached hydrogens (tertiary/aromatic N) is 2. The summed E-state index contributed by atoms with van der Waals surface area (Å²) in [5.74, 6) is -2.21. The molecule has 1 saturated carbocycles. The van der Waals surface area contributed by atoms with Crippen LogP contribution in [0, 0.1) is 5.41 Å². The first kappa shape index (κ1) is 26.4. The van der Waals surface area contributed by atoms with E-state index in [0.29, 0.717) is 24.2 Å². The number of hydrogen-bond acceptors (Lipinski definition) is 5. The second-order valence-electron chi connectivity index (χ2n) is 11.1. The minimum Gasteiger partial charge on any atom is -0.351 e. The number of carbonyl (C=O) groups excluding carboxylic acids is 4. The number of hydrogen-bond donors (Lipinski definition) is 3. The molecule has 4 aromatic rings. The second kappa shape index (κ2) is 11.0. The molecule has 0 radical (unpaired) electrons. The van der Waals surface area contributed by atoms with Gasteiger partial charge in [-0.3, -0.25) is 24.2 Å². The van der Waals surface area contributed by atoms with Gasteiger partial charge in [-0.1, -0.05) is 54.6 Å². The summed E-state index contributed by atoms with van der Waals surface area (Å²) in [4.78, 5) is 62.6. The van der Waals surface area contributed by atoms with Crippen LogP contribution in [0.2, 0.25) is 0 Å². The van der Waals surface area contributed by atoms with Crippen molar-refractivity contribution < 1.29 is 19.2 Å². The van der Waals surface area contributed by atoms with E-state index in [4.69, 9.17) is 0 Å². The Hall–Kier alpha value is -4.79. The zero-order valence-electron chi connectivity index (χ0n) is 22.5. The first-order valence-corrected chi connectivity index (χ1v) is 13.8. The van der Waals surface area contributed by atoms with Crippen molar-refractivity contribution >= 4 is 34.4 Å². The molecular formula is C32H31N5O4. The van der Waals surface area contributed by atoms with Gasteiger partial charge in [0.25, 0.3) is 11.8 Å². The van der Waals surface area contributed by atoms with E-state index in [0.717, 1.165) is 29.3 Å². The third-order valence-electron chi connectivity index (χ3n) is 8.10. The lowest BCUT2D eigenvalue weighted by atomic mass is 10.00. The molecule has 9 heteroatoms. The summed E-state index contributed by atoms with van der Waals surface area (Å²) in [7, 11) is 0. The van der Waals surface area contributed by atoms with Crippen molar-refractivity contribution in [1.82, 2.24) is 25.5 Å². The molecule has 41 heavy (non-hydrogen) atoms. The van der Waals surface area contributed by atoms with Crippen LogP contribution in [0.3, 0.4) is 0 Å². The number of nitrogens with one attached hydrogen (secondary N) is 3. The van der Waals surface area contributed by atoms with Gasteiger partial charge in [0.1, 0.15) is 17.8 Å². The smallest absolute Gasteiger partial charge is 0.289 e. The second-order valence-corrected chi connectivity index (χ2v) is 11.1. The molecule has 0 unspecified atom stereocenters. The molecule has 9 nitrogen and oxygen atoms in total. The van der Waals surface area contributed by atoms with Crippen LogP contribution in [-0.4, -0.2) is 57.0 Å². The molecule has 2 fully saturated rings. The number of aromatic amines is 1. The van der Waals surface area contributed by atoms with E-state index < -0.39 is 29.7 Å². The number of aromatic nitrogens is 2. The molecule has 2 aromatic carbocycles. The van der Waals surface area contributed by atoms with Gasteiger partial charge in [0.15, 0.2) is 0 Å². The molecule has 1 saturated heterocycles. The Kier molecular flexibility index (Phi) is 7.09. The van der Waals surface area contributed by atoms with Crippen molar-refractivity contribution in [3.63, 3.8) is 0 Å². The van der Waals surface area contributed by atoms with Gasteiger partial charge in [0.2, 0.25) is 11.7 Å². The molecule has 3 N–H and O–H groups in total. The standard InChI is InChI=1S/C32H31N5O4/c38-28(30(40)34-19-21-7-2-1-3-8-21)25(15-22-9-6-14-33-18-22)36-29(39)27-17-32(12-13-32)20-37(27)31(41)26-16-23-10-4-5-11-24(23)35-26/h1-11,14,16,18,25,27,35H,12-13,15,17,19-20H2,(H,34,40)(H,36,39)/t25-,27-/m0/s1. The number of likely N-dealkylation sites (tertiary alicyclic amines) is 1. The van der Waals surface area contributed by atoms with Crippen LogP contribution in [0.4, 0.5) is 0 Å². The van der Waals surface area contributed by atoms with E-state index in [1.165, 1.54) is 0 Å². The number of fused-ring (bicyclic) bond motifs is 1. The Morgan fingerprint density at radius 3 is 2.46 bits per heavy atom. The van der Waals surface area contributed by atoms with Gasteiger partial charge in [-0.25, -0.2) is 0 Å². The number of carbonyl (C=O) groups is 4. The Bertz CT molecular complexity index is 1560. The molecule has 208 valence electrons. The van der Waals surface area contributed by atoms with Crippen LogP contribution in [-0.2, 0) is 27.3 Å². The molecule has 2 aliphatic rings. The van der Waals surface area contributed by atoms with Crippen LogP contribution in [0.25, 0.3) is 10.9 Å². The van der Waals surface area contributed by atoms with E-state index in [1.807, 2.05) is 54.6 Å². The van der Waals surface area contributed by atoms with Crippen LogP contribution in [0.5, 0.6) is 0 Å². The fourth-order valence-electron chi connectivity index (χ4n) is 5.64. The highest BCUT2D eigenvalue weighted by atomic mass is 16.2. The lowest BCUT2D eigenvalue weighted by Crippen LogP contribution is -2.54. The molecular weight excluding hydrogens is 518 g/mol. The van der Waals surface area contributed by atoms with Gasteiger partial charge in [-0.2, -0.15) is 0 Å². The number of rotatable bonds is 9. The van der Waals surface area contributed by atoms with Gasteiger partial charge in [-0.15, -0.1) is 0 Å².